The van der Waals surface area contributed by atoms with Gasteiger partial charge in [0, 0.05) is 12.1 Å². The number of phenols is 1. The summed E-state index contributed by atoms with van der Waals surface area (Å²) in [6.45, 7) is 0.153. The van der Waals surface area contributed by atoms with Crippen molar-refractivity contribution >= 4 is 5.91 Å². The van der Waals surface area contributed by atoms with Crippen molar-refractivity contribution in [3.63, 3.8) is 0 Å². The second kappa shape index (κ2) is 5.31. The number of carbonyl (C=O) groups excluding carboxylic acids is 1. The molecule has 0 saturated carbocycles. The smallest absolute Gasteiger partial charge is 0.254 e. The lowest BCUT2D eigenvalue weighted by molar-refractivity contribution is 0.0946. The molecular weight excluding hydrogens is 233 g/mol. The first kappa shape index (κ1) is 12.1. The van der Waals surface area contributed by atoms with E-state index in [4.69, 9.17) is 0 Å². The summed E-state index contributed by atoms with van der Waals surface area (Å²) < 4.78 is 13.3. The van der Waals surface area contributed by atoms with Gasteiger partial charge in [0.1, 0.15) is 11.6 Å². The van der Waals surface area contributed by atoms with Gasteiger partial charge in [-0.25, -0.2) is 4.39 Å². The zero-order chi connectivity index (χ0) is 13.0. The predicted molar refractivity (Wildman–Crippen MR) is 65.7 cm³/mol. The Morgan fingerprint density at radius 2 is 1.78 bits per heavy atom. The van der Waals surface area contributed by atoms with E-state index in [0.717, 1.165) is 0 Å². The van der Waals surface area contributed by atoms with Crippen molar-refractivity contribution in [1.82, 2.24) is 5.32 Å². The van der Waals surface area contributed by atoms with Crippen molar-refractivity contribution in [2.75, 3.05) is 0 Å². The number of hydrogen-bond acceptors (Lipinski definition) is 2. The normalized spacial score (nSPS) is 10.1. The highest BCUT2D eigenvalue weighted by Crippen LogP contribution is 2.15. The zero-order valence-electron chi connectivity index (χ0n) is 9.56. The number of carbonyl (C=O) groups is 1. The predicted octanol–water partition coefficient (Wildman–Crippen LogP) is 2.46. The van der Waals surface area contributed by atoms with E-state index in [2.05, 4.69) is 5.32 Å². The molecule has 4 heteroatoms. The van der Waals surface area contributed by atoms with Gasteiger partial charge in [-0.2, -0.15) is 0 Å². The van der Waals surface area contributed by atoms with Crippen molar-refractivity contribution in [3.8, 4) is 5.75 Å². The number of amides is 1. The van der Waals surface area contributed by atoms with E-state index in [1.54, 1.807) is 24.3 Å². The molecule has 0 saturated heterocycles. The molecular formula is C14H12FNO2. The third-order valence-corrected chi connectivity index (χ3v) is 2.55. The first-order chi connectivity index (χ1) is 8.68. The maximum Gasteiger partial charge on any atom is 0.254 e. The minimum Gasteiger partial charge on any atom is -0.508 e. The quantitative estimate of drug-likeness (QED) is 0.872. The van der Waals surface area contributed by atoms with E-state index < -0.39 is 11.7 Å². The van der Waals surface area contributed by atoms with Crippen LogP contribution in [0.3, 0.4) is 0 Å². The van der Waals surface area contributed by atoms with Gasteiger partial charge in [0.2, 0.25) is 0 Å². The molecule has 0 atom stereocenters. The Kier molecular flexibility index (Phi) is 3.57. The minimum absolute atomic E-state index is 0.00655. The maximum absolute atomic E-state index is 13.3. The third-order valence-electron chi connectivity index (χ3n) is 2.55. The van der Waals surface area contributed by atoms with Crippen LogP contribution in [0.4, 0.5) is 4.39 Å². The fraction of sp³-hybridized carbons (Fsp3) is 0.0714. The number of aromatic hydroxyl groups is 1. The van der Waals surface area contributed by atoms with E-state index in [-0.39, 0.29) is 17.9 Å². The lowest BCUT2D eigenvalue weighted by Crippen LogP contribution is -2.23. The van der Waals surface area contributed by atoms with E-state index in [9.17, 15) is 14.3 Å². The van der Waals surface area contributed by atoms with Gasteiger partial charge in [0.15, 0.2) is 0 Å². The van der Waals surface area contributed by atoms with Crippen molar-refractivity contribution in [3.05, 3.63) is 65.5 Å². The number of hydrogen-bond donors (Lipinski definition) is 2. The number of phenolic OH excluding ortho intramolecular Hbond substituents is 1. The fourth-order valence-electron chi connectivity index (χ4n) is 1.58. The molecule has 0 bridgehead atoms. The molecule has 92 valence electrons. The van der Waals surface area contributed by atoms with Crippen LogP contribution in [0.25, 0.3) is 0 Å². The monoisotopic (exact) mass is 245 g/mol. The van der Waals surface area contributed by atoms with Gasteiger partial charge in [-0.1, -0.05) is 30.3 Å². The number of nitrogens with one attached hydrogen (secondary N) is 1. The summed E-state index contributed by atoms with van der Waals surface area (Å²) in [5.74, 6) is -0.963. The van der Waals surface area contributed by atoms with Gasteiger partial charge in [-0.05, 0) is 18.2 Å². The summed E-state index contributed by atoms with van der Waals surface area (Å²) in [6.07, 6.45) is 0. The van der Waals surface area contributed by atoms with Crippen LogP contribution in [0.1, 0.15) is 15.9 Å². The van der Waals surface area contributed by atoms with Crippen LogP contribution in [0.15, 0.2) is 48.5 Å². The molecule has 0 heterocycles. The Morgan fingerprint density at radius 3 is 2.50 bits per heavy atom. The van der Waals surface area contributed by atoms with Gasteiger partial charge < -0.3 is 10.4 Å². The molecule has 0 aliphatic heterocycles. The van der Waals surface area contributed by atoms with Gasteiger partial charge >= 0.3 is 0 Å². The van der Waals surface area contributed by atoms with Crippen LogP contribution >= 0.6 is 0 Å². The van der Waals surface area contributed by atoms with Crippen LogP contribution in [0, 0.1) is 5.82 Å². The summed E-state index contributed by atoms with van der Waals surface area (Å²) >= 11 is 0. The van der Waals surface area contributed by atoms with Gasteiger partial charge in [0.05, 0.1) is 5.56 Å². The van der Waals surface area contributed by atoms with Gasteiger partial charge in [0.25, 0.3) is 5.91 Å². The molecule has 2 N–H and O–H groups in total. The molecule has 0 aromatic heterocycles. The number of halogens is 1. The molecule has 0 aliphatic rings. The Morgan fingerprint density at radius 1 is 1.11 bits per heavy atom. The molecule has 1 amide bonds. The number of benzene rings is 2. The Bertz CT molecular complexity index is 569. The second-order valence-electron chi connectivity index (χ2n) is 3.79. The zero-order valence-corrected chi connectivity index (χ0v) is 9.56. The average Bonchev–Trinajstić information content (AvgIpc) is 2.38. The lowest BCUT2D eigenvalue weighted by atomic mass is 10.1. The first-order valence-electron chi connectivity index (χ1n) is 5.48. The standard InChI is InChI=1S/C14H12FNO2/c15-12-7-3-2-6-11(12)14(18)16-9-10-5-1-4-8-13(10)17/h1-8,17H,9H2,(H,16,18). The highest BCUT2D eigenvalue weighted by molar-refractivity contribution is 5.94. The summed E-state index contributed by atoms with van der Waals surface area (Å²) in [5.41, 5.74) is 0.579. The largest absolute Gasteiger partial charge is 0.508 e. The summed E-state index contributed by atoms with van der Waals surface area (Å²) in [4.78, 5) is 11.7. The average molecular weight is 245 g/mol. The van der Waals surface area contributed by atoms with Crippen LogP contribution in [-0.2, 0) is 6.54 Å². The molecule has 0 spiro atoms. The molecule has 0 fully saturated rings. The van der Waals surface area contributed by atoms with E-state index in [0.29, 0.717) is 5.56 Å². The van der Waals surface area contributed by atoms with Crippen molar-refractivity contribution in [2.24, 2.45) is 0 Å². The number of para-hydroxylation sites is 1. The van der Waals surface area contributed by atoms with E-state index >= 15 is 0 Å². The topological polar surface area (TPSA) is 49.3 Å². The first-order valence-corrected chi connectivity index (χ1v) is 5.48. The maximum atomic E-state index is 13.3. The van der Waals surface area contributed by atoms with E-state index in [1.807, 2.05) is 0 Å². The van der Waals surface area contributed by atoms with Crippen molar-refractivity contribution < 1.29 is 14.3 Å². The third kappa shape index (κ3) is 2.66. The molecule has 0 radical (unpaired) electrons. The van der Waals surface area contributed by atoms with Crippen LogP contribution in [0.5, 0.6) is 5.75 Å². The molecule has 0 unspecified atom stereocenters. The van der Waals surface area contributed by atoms with Crippen LogP contribution in [0.2, 0.25) is 0 Å². The molecule has 2 aromatic carbocycles. The van der Waals surface area contributed by atoms with Gasteiger partial charge in [-0.15, -0.1) is 0 Å². The van der Waals surface area contributed by atoms with Crippen molar-refractivity contribution in [2.45, 2.75) is 6.54 Å². The molecule has 3 nitrogen and oxygen atoms in total. The summed E-state index contributed by atoms with van der Waals surface area (Å²) in [7, 11) is 0. The van der Waals surface area contributed by atoms with Gasteiger partial charge in [-0.3, -0.25) is 4.79 Å². The highest BCUT2D eigenvalue weighted by atomic mass is 19.1. The highest BCUT2D eigenvalue weighted by Gasteiger charge is 2.10. The minimum atomic E-state index is -0.563. The molecule has 2 aromatic rings. The van der Waals surface area contributed by atoms with Crippen LogP contribution < -0.4 is 5.32 Å². The lowest BCUT2D eigenvalue weighted by Gasteiger charge is -2.07. The Labute approximate surface area is 104 Å². The molecule has 18 heavy (non-hydrogen) atoms. The summed E-state index contributed by atoms with van der Waals surface area (Å²) in [6, 6.07) is 12.4. The fourth-order valence-corrected chi connectivity index (χ4v) is 1.58. The SMILES string of the molecule is O=C(NCc1ccccc1O)c1ccccc1F. The Hall–Kier alpha value is -2.36. The Balaban J connectivity index is 2.06. The summed E-state index contributed by atoms with van der Waals surface area (Å²) in [5, 5.41) is 12.1. The van der Waals surface area contributed by atoms with Crippen LogP contribution in [-0.4, -0.2) is 11.0 Å². The van der Waals surface area contributed by atoms with E-state index in [1.165, 1.54) is 24.3 Å². The second-order valence-corrected chi connectivity index (χ2v) is 3.79. The molecule has 0 aliphatic carbocycles. The number of rotatable bonds is 3. The van der Waals surface area contributed by atoms with Crippen molar-refractivity contribution in [1.29, 1.82) is 0 Å². The molecule has 2 rings (SSSR count).